The van der Waals surface area contributed by atoms with Gasteiger partial charge in [0, 0.05) is 32.1 Å². The van der Waals surface area contributed by atoms with Gasteiger partial charge in [0.05, 0.1) is 37.7 Å². The van der Waals surface area contributed by atoms with Crippen LogP contribution in [-0.2, 0) is 23.9 Å². The Morgan fingerprint density at radius 2 is 1.53 bits per heavy atom. The molecule has 164 valence electrons. The number of aromatic nitrogens is 2. The molecule has 9 nitrogen and oxygen atoms in total. The Kier molecular flexibility index (Phi) is 7.59. The number of Topliss-reactive ketones (excluding diaryl/α,β-unsaturated/α-hetero) is 1. The summed E-state index contributed by atoms with van der Waals surface area (Å²) in [5.74, 6) is -0.113. The van der Waals surface area contributed by atoms with E-state index in [2.05, 4.69) is 24.5 Å². The fourth-order valence-corrected chi connectivity index (χ4v) is 4.03. The highest BCUT2D eigenvalue weighted by atomic mass is 16.5. The van der Waals surface area contributed by atoms with Gasteiger partial charge >= 0.3 is 11.9 Å². The van der Waals surface area contributed by atoms with E-state index in [1.165, 1.54) is 7.11 Å². The predicted molar refractivity (Wildman–Crippen MR) is 110 cm³/mol. The van der Waals surface area contributed by atoms with Crippen molar-refractivity contribution in [1.29, 1.82) is 0 Å². The first-order valence-corrected chi connectivity index (χ1v) is 10.6. The Bertz CT molecular complexity index is 738. The summed E-state index contributed by atoms with van der Waals surface area (Å²) in [5, 5.41) is 0. The van der Waals surface area contributed by atoms with Gasteiger partial charge < -0.3 is 19.3 Å². The first kappa shape index (κ1) is 22.0. The fraction of sp³-hybridized carbons (Fsp3) is 0.667. The quantitative estimate of drug-likeness (QED) is 0.482. The van der Waals surface area contributed by atoms with Crippen molar-refractivity contribution in [3.8, 4) is 0 Å². The maximum atomic E-state index is 12.1. The van der Waals surface area contributed by atoms with E-state index in [1.54, 1.807) is 0 Å². The second kappa shape index (κ2) is 10.4. The molecule has 0 saturated carbocycles. The third-order valence-electron chi connectivity index (χ3n) is 5.88. The predicted octanol–water partition coefficient (Wildman–Crippen LogP) is 1.60. The zero-order chi connectivity index (χ0) is 21.5. The number of carbonyl (C=O) groups is 3. The van der Waals surface area contributed by atoms with Gasteiger partial charge in [0.1, 0.15) is 12.2 Å². The molecule has 0 N–H and O–H groups in total. The third kappa shape index (κ3) is 5.46. The zero-order valence-corrected chi connectivity index (χ0v) is 17.7. The van der Waals surface area contributed by atoms with Gasteiger partial charge in [0.15, 0.2) is 0 Å². The van der Waals surface area contributed by atoms with Gasteiger partial charge in [-0.15, -0.1) is 0 Å². The first-order chi connectivity index (χ1) is 14.5. The molecule has 0 aromatic carbocycles. The Morgan fingerprint density at radius 1 is 0.967 bits per heavy atom. The summed E-state index contributed by atoms with van der Waals surface area (Å²) in [5.41, 5.74) is 0.948. The van der Waals surface area contributed by atoms with E-state index in [0.29, 0.717) is 38.5 Å². The van der Waals surface area contributed by atoms with Crippen LogP contribution in [-0.4, -0.2) is 67.6 Å². The Hall–Kier alpha value is -2.71. The van der Waals surface area contributed by atoms with Gasteiger partial charge in [0.25, 0.3) is 0 Å². The van der Waals surface area contributed by atoms with E-state index < -0.39 is 5.97 Å². The Balaban J connectivity index is 1.48. The van der Waals surface area contributed by atoms with Crippen LogP contribution in [0.5, 0.6) is 0 Å². The summed E-state index contributed by atoms with van der Waals surface area (Å²) in [6.07, 6.45) is 6.40. The SMILES string of the molecule is CCOC(=O)C1CCN(c2cnc(N3CCC(C(=O)CC(=O)OC)CC3)nc2)CC1. The van der Waals surface area contributed by atoms with Crippen LogP contribution in [0.15, 0.2) is 12.4 Å². The number of carbonyl (C=O) groups excluding carboxylic acids is 3. The number of ketones is 1. The molecule has 2 aliphatic rings. The molecule has 0 aliphatic carbocycles. The van der Waals surface area contributed by atoms with Crippen LogP contribution >= 0.6 is 0 Å². The van der Waals surface area contributed by atoms with Crippen LogP contribution in [0.25, 0.3) is 0 Å². The van der Waals surface area contributed by atoms with Crippen LogP contribution in [0.1, 0.15) is 39.0 Å². The van der Waals surface area contributed by atoms with Crippen LogP contribution in [0.3, 0.4) is 0 Å². The highest BCUT2D eigenvalue weighted by molar-refractivity contribution is 5.96. The van der Waals surface area contributed by atoms with E-state index in [0.717, 1.165) is 31.6 Å². The summed E-state index contributed by atoms with van der Waals surface area (Å²) >= 11 is 0. The Morgan fingerprint density at radius 3 is 2.10 bits per heavy atom. The minimum atomic E-state index is -0.479. The molecule has 1 aromatic rings. The summed E-state index contributed by atoms with van der Waals surface area (Å²) in [6, 6.07) is 0. The lowest BCUT2D eigenvalue weighted by atomic mass is 9.91. The number of ether oxygens (including phenoxy) is 2. The third-order valence-corrected chi connectivity index (χ3v) is 5.88. The molecule has 9 heteroatoms. The van der Waals surface area contributed by atoms with Gasteiger partial charge in [-0.2, -0.15) is 0 Å². The van der Waals surface area contributed by atoms with Gasteiger partial charge in [-0.05, 0) is 32.6 Å². The van der Waals surface area contributed by atoms with Crippen LogP contribution < -0.4 is 9.80 Å². The molecule has 0 unspecified atom stereocenters. The monoisotopic (exact) mass is 418 g/mol. The summed E-state index contributed by atoms with van der Waals surface area (Å²) < 4.78 is 9.69. The molecule has 1 aromatic heterocycles. The number of hydrogen-bond donors (Lipinski definition) is 0. The topological polar surface area (TPSA) is 102 Å². The normalized spacial score (nSPS) is 18.2. The van der Waals surface area contributed by atoms with Crippen molar-refractivity contribution in [2.75, 3.05) is 49.7 Å². The minimum absolute atomic E-state index is 0.0235. The first-order valence-electron chi connectivity index (χ1n) is 10.6. The molecule has 0 amide bonds. The maximum Gasteiger partial charge on any atom is 0.313 e. The summed E-state index contributed by atoms with van der Waals surface area (Å²) in [6.45, 7) is 5.17. The molecule has 0 atom stereocenters. The highest BCUT2D eigenvalue weighted by Crippen LogP contribution is 2.26. The maximum absolute atomic E-state index is 12.1. The number of esters is 2. The number of piperidine rings is 2. The highest BCUT2D eigenvalue weighted by Gasteiger charge is 2.28. The molecular weight excluding hydrogens is 388 g/mol. The second-order valence-corrected chi connectivity index (χ2v) is 7.74. The molecule has 3 heterocycles. The number of hydrogen-bond acceptors (Lipinski definition) is 9. The molecule has 0 spiro atoms. The molecule has 2 fully saturated rings. The average Bonchev–Trinajstić information content (AvgIpc) is 2.79. The molecule has 0 radical (unpaired) electrons. The molecule has 30 heavy (non-hydrogen) atoms. The van der Waals surface area contributed by atoms with Gasteiger partial charge in [0.2, 0.25) is 5.95 Å². The second-order valence-electron chi connectivity index (χ2n) is 7.74. The standard InChI is InChI=1S/C21H30N4O5/c1-3-30-20(28)16-6-8-24(9-7-16)17-13-22-21(23-14-17)25-10-4-15(5-11-25)18(26)12-19(27)29-2/h13-16H,3-12H2,1-2H3. The smallest absolute Gasteiger partial charge is 0.313 e. The van der Waals surface area contributed by atoms with Crippen LogP contribution in [0.2, 0.25) is 0 Å². The van der Waals surface area contributed by atoms with Gasteiger partial charge in [-0.3, -0.25) is 14.4 Å². The largest absolute Gasteiger partial charge is 0.469 e. The fourth-order valence-electron chi connectivity index (χ4n) is 4.03. The zero-order valence-electron chi connectivity index (χ0n) is 17.7. The number of methoxy groups -OCH3 is 1. The summed E-state index contributed by atoms with van der Waals surface area (Å²) in [7, 11) is 1.29. The van der Waals surface area contributed by atoms with E-state index in [1.807, 2.05) is 19.3 Å². The van der Waals surface area contributed by atoms with Gasteiger partial charge in [-0.1, -0.05) is 0 Å². The van der Waals surface area contributed by atoms with Crippen molar-refractivity contribution >= 4 is 29.4 Å². The summed E-state index contributed by atoms with van der Waals surface area (Å²) in [4.78, 5) is 48.6. The van der Waals surface area contributed by atoms with Crippen molar-refractivity contribution in [1.82, 2.24) is 9.97 Å². The lowest BCUT2D eigenvalue weighted by molar-refractivity contribution is -0.149. The molecule has 3 rings (SSSR count). The van der Waals surface area contributed by atoms with E-state index in [4.69, 9.17) is 4.74 Å². The van der Waals surface area contributed by atoms with Crippen molar-refractivity contribution in [2.45, 2.75) is 39.0 Å². The van der Waals surface area contributed by atoms with Crippen LogP contribution in [0.4, 0.5) is 11.6 Å². The Labute approximate surface area is 176 Å². The van der Waals surface area contributed by atoms with Crippen molar-refractivity contribution in [3.05, 3.63) is 12.4 Å². The lowest BCUT2D eigenvalue weighted by Gasteiger charge is -2.33. The van der Waals surface area contributed by atoms with Crippen LogP contribution in [0, 0.1) is 11.8 Å². The number of nitrogens with zero attached hydrogens (tertiary/aromatic N) is 4. The van der Waals surface area contributed by atoms with Crippen molar-refractivity contribution in [3.63, 3.8) is 0 Å². The average molecular weight is 418 g/mol. The number of rotatable bonds is 7. The van der Waals surface area contributed by atoms with Gasteiger partial charge in [-0.25, -0.2) is 9.97 Å². The van der Waals surface area contributed by atoms with E-state index >= 15 is 0 Å². The van der Waals surface area contributed by atoms with E-state index in [9.17, 15) is 14.4 Å². The molecule has 0 bridgehead atoms. The lowest BCUT2D eigenvalue weighted by Crippen LogP contribution is -2.38. The molecule has 2 saturated heterocycles. The molecular formula is C21H30N4O5. The number of anilines is 2. The van der Waals surface area contributed by atoms with Crippen molar-refractivity contribution in [2.24, 2.45) is 11.8 Å². The van der Waals surface area contributed by atoms with E-state index in [-0.39, 0.29) is 30.0 Å². The van der Waals surface area contributed by atoms with Crippen molar-refractivity contribution < 1.29 is 23.9 Å². The minimum Gasteiger partial charge on any atom is -0.469 e. The molecule has 2 aliphatic heterocycles.